The molecule has 27 heavy (non-hydrogen) atoms. The number of esters is 1. The number of ether oxygens (including phenoxy) is 3. The molecule has 0 aliphatic heterocycles. The molecule has 0 radical (unpaired) electrons. The highest BCUT2D eigenvalue weighted by Gasteiger charge is 2.81. The van der Waals surface area contributed by atoms with E-state index >= 15 is 0 Å². The molecular formula is C13H8F10O4. The van der Waals surface area contributed by atoms with Crippen molar-refractivity contribution < 1.29 is 62.9 Å². The van der Waals surface area contributed by atoms with Crippen LogP contribution < -0.4 is 4.74 Å². The summed E-state index contributed by atoms with van der Waals surface area (Å²) in [6.07, 6.45) is -20.0. The predicted octanol–water partition coefficient (Wildman–Crippen LogP) is 4.30. The Bertz CT molecular complexity index is 661. The van der Waals surface area contributed by atoms with Crippen molar-refractivity contribution in [3.05, 3.63) is 30.3 Å². The molecule has 0 spiro atoms. The average molecular weight is 418 g/mol. The first-order valence-corrected chi connectivity index (χ1v) is 6.43. The largest absolute Gasteiger partial charge is 0.469 e. The summed E-state index contributed by atoms with van der Waals surface area (Å²) in [6, 6.07) is 4.25. The fourth-order valence-corrected chi connectivity index (χ4v) is 1.47. The fourth-order valence-electron chi connectivity index (χ4n) is 1.47. The van der Waals surface area contributed by atoms with Gasteiger partial charge in [-0.1, -0.05) is 18.2 Å². The van der Waals surface area contributed by atoms with Gasteiger partial charge in [0.25, 0.3) is 0 Å². The zero-order valence-corrected chi connectivity index (χ0v) is 12.8. The van der Waals surface area contributed by atoms with Gasteiger partial charge in [-0.05, 0) is 12.1 Å². The van der Waals surface area contributed by atoms with Crippen LogP contribution in [0.15, 0.2) is 30.3 Å². The molecule has 1 aromatic rings. The van der Waals surface area contributed by atoms with E-state index in [0.717, 1.165) is 12.1 Å². The normalized spacial score (nSPS) is 15.8. The Morgan fingerprint density at radius 3 is 1.70 bits per heavy atom. The molecule has 0 heterocycles. The van der Waals surface area contributed by atoms with E-state index in [1.807, 2.05) is 0 Å². The van der Waals surface area contributed by atoms with Crippen LogP contribution in [-0.4, -0.2) is 43.2 Å². The molecule has 0 saturated carbocycles. The smallest absolute Gasteiger partial charge is 0.464 e. The lowest BCUT2D eigenvalue weighted by Crippen LogP contribution is -2.65. The van der Waals surface area contributed by atoms with Crippen molar-refractivity contribution in [2.24, 2.45) is 0 Å². The van der Waals surface area contributed by atoms with Gasteiger partial charge in [0.05, 0.1) is 7.11 Å². The summed E-state index contributed by atoms with van der Waals surface area (Å²) in [5.41, 5.74) is 0. The molecule has 1 atom stereocenters. The van der Waals surface area contributed by atoms with E-state index in [2.05, 4.69) is 14.2 Å². The first-order chi connectivity index (χ1) is 12.0. The van der Waals surface area contributed by atoms with E-state index in [4.69, 9.17) is 0 Å². The third kappa shape index (κ3) is 4.20. The van der Waals surface area contributed by atoms with Crippen LogP contribution in [-0.2, 0) is 14.3 Å². The Balaban J connectivity index is 3.37. The first kappa shape index (κ1) is 22.8. The van der Waals surface area contributed by atoms with Gasteiger partial charge < -0.3 is 9.47 Å². The van der Waals surface area contributed by atoms with Crippen LogP contribution in [0.4, 0.5) is 43.9 Å². The molecule has 1 unspecified atom stereocenters. The molecular weight excluding hydrogens is 410 g/mol. The maximum Gasteiger partial charge on any atom is 0.469 e. The number of halogens is 10. The van der Waals surface area contributed by atoms with Crippen LogP contribution in [0.2, 0.25) is 0 Å². The van der Waals surface area contributed by atoms with Gasteiger partial charge in [0, 0.05) is 0 Å². The minimum Gasteiger partial charge on any atom is -0.464 e. The van der Waals surface area contributed by atoms with Gasteiger partial charge in [0.1, 0.15) is 5.75 Å². The van der Waals surface area contributed by atoms with Crippen molar-refractivity contribution >= 4 is 5.97 Å². The fraction of sp³-hybridized carbons (Fsp3) is 0.462. The van der Waals surface area contributed by atoms with Gasteiger partial charge in [-0.2, -0.15) is 43.9 Å². The highest BCUT2D eigenvalue weighted by molar-refractivity contribution is 5.78. The van der Waals surface area contributed by atoms with Gasteiger partial charge >= 0.3 is 36.1 Å². The van der Waals surface area contributed by atoms with E-state index in [9.17, 15) is 48.7 Å². The van der Waals surface area contributed by atoms with Crippen molar-refractivity contribution in [2.75, 3.05) is 7.11 Å². The maximum absolute atomic E-state index is 14.0. The van der Waals surface area contributed by atoms with Crippen LogP contribution >= 0.6 is 0 Å². The monoisotopic (exact) mass is 418 g/mol. The Labute approximate surface area is 143 Å². The van der Waals surface area contributed by atoms with Crippen molar-refractivity contribution in [3.8, 4) is 5.75 Å². The molecule has 1 aromatic carbocycles. The number of para-hydroxylation sites is 1. The lowest BCUT2D eigenvalue weighted by Gasteiger charge is -2.37. The molecule has 1 rings (SSSR count). The zero-order chi connectivity index (χ0) is 21.3. The minimum absolute atomic E-state index is 0.131. The third-order valence-corrected chi connectivity index (χ3v) is 2.80. The molecule has 0 amide bonds. The number of methoxy groups -OCH3 is 1. The summed E-state index contributed by atoms with van der Waals surface area (Å²) in [6.45, 7) is 0. The maximum atomic E-state index is 14.0. The number of carbonyl (C=O) groups excluding carboxylic acids is 1. The van der Waals surface area contributed by atoms with Gasteiger partial charge in [0.15, 0.2) is 0 Å². The molecule has 0 N–H and O–H groups in total. The van der Waals surface area contributed by atoms with E-state index < -0.39 is 41.9 Å². The van der Waals surface area contributed by atoms with Crippen LogP contribution in [0.25, 0.3) is 0 Å². The van der Waals surface area contributed by atoms with Crippen molar-refractivity contribution in [3.63, 3.8) is 0 Å². The summed E-state index contributed by atoms with van der Waals surface area (Å²) in [5.74, 6) is -17.3. The summed E-state index contributed by atoms with van der Waals surface area (Å²) < 4.78 is 141. The lowest BCUT2D eigenvalue weighted by molar-refractivity contribution is -0.505. The van der Waals surface area contributed by atoms with Gasteiger partial charge in [-0.3, -0.25) is 4.74 Å². The standard InChI is InChI=1S/C13H8F10O4/c1-25-8(24)9(14,15)12(20,21)27-10(16,11(17,18)19)13(22,23)26-7-5-3-2-4-6-7/h2-6H,1H3. The summed E-state index contributed by atoms with van der Waals surface area (Å²) >= 11 is 0. The number of carbonyl (C=O) groups is 1. The number of rotatable bonds is 7. The van der Waals surface area contributed by atoms with Crippen LogP contribution in [0.3, 0.4) is 0 Å². The molecule has 0 aliphatic rings. The SMILES string of the molecule is COC(=O)C(F)(F)C(F)(F)OC(F)(C(F)(F)F)C(F)(F)Oc1ccccc1. The Hall–Kier alpha value is -2.25. The molecule has 14 heteroatoms. The topological polar surface area (TPSA) is 44.8 Å². The van der Waals surface area contributed by atoms with Crippen molar-refractivity contribution in [1.29, 1.82) is 0 Å². The number of benzene rings is 1. The Morgan fingerprint density at radius 1 is 0.815 bits per heavy atom. The summed E-state index contributed by atoms with van der Waals surface area (Å²) in [4.78, 5) is 10.6. The third-order valence-electron chi connectivity index (χ3n) is 2.80. The number of hydrogen-bond donors (Lipinski definition) is 0. The molecule has 0 fully saturated rings. The Kier molecular flexibility index (Phi) is 5.95. The second-order valence-corrected chi connectivity index (χ2v) is 4.71. The van der Waals surface area contributed by atoms with Crippen LogP contribution in [0.5, 0.6) is 5.75 Å². The molecule has 0 aromatic heterocycles. The van der Waals surface area contributed by atoms with E-state index in [1.165, 1.54) is 6.07 Å². The van der Waals surface area contributed by atoms with Crippen molar-refractivity contribution in [1.82, 2.24) is 0 Å². The highest BCUT2D eigenvalue weighted by atomic mass is 19.4. The highest BCUT2D eigenvalue weighted by Crippen LogP contribution is 2.52. The molecule has 0 bridgehead atoms. The summed E-state index contributed by atoms with van der Waals surface area (Å²) in [7, 11) is 0.131. The first-order valence-electron chi connectivity index (χ1n) is 6.43. The van der Waals surface area contributed by atoms with Gasteiger partial charge in [0.2, 0.25) is 0 Å². The number of hydrogen-bond acceptors (Lipinski definition) is 4. The quantitative estimate of drug-likeness (QED) is 0.489. The van der Waals surface area contributed by atoms with Crippen molar-refractivity contribution in [2.45, 2.75) is 30.2 Å². The molecule has 0 saturated heterocycles. The van der Waals surface area contributed by atoms with Gasteiger partial charge in [-0.25, -0.2) is 4.79 Å². The number of alkyl halides is 10. The average Bonchev–Trinajstić information content (AvgIpc) is 2.52. The molecule has 0 aliphatic carbocycles. The predicted molar refractivity (Wildman–Crippen MR) is 64.9 cm³/mol. The minimum atomic E-state index is -7.00. The second kappa shape index (κ2) is 7.05. The molecule has 4 nitrogen and oxygen atoms in total. The molecule has 154 valence electrons. The van der Waals surface area contributed by atoms with E-state index in [0.29, 0.717) is 12.1 Å². The van der Waals surface area contributed by atoms with Crippen LogP contribution in [0, 0.1) is 0 Å². The van der Waals surface area contributed by atoms with Gasteiger partial charge in [-0.15, -0.1) is 0 Å². The van der Waals surface area contributed by atoms with Crippen LogP contribution in [0.1, 0.15) is 0 Å². The van der Waals surface area contributed by atoms with E-state index in [-0.39, 0.29) is 7.11 Å². The van der Waals surface area contributed by atoms with E-state index in [1.54, 1.807) is 0 Å². The second-order valence-electron chi connectivity index (χ2n) is 4.71. The summed E-state index contributed by atoms with van der Waals surface area (Å²) in [5, 5.41) is 0. The zero-order valence-electron chi connectivity index (χ0n) is 12.8. The lowest BCUT2D eigenvalue weighted by atomic mass is 10.2. The Morgan fingerprint density at radius 2 is 1.30 bits per heavy atom.